The highest BCUT2D eigenvalue weighted by Crippen LogP contribution is 2.28. The molecule has 0 saturated heterocycles. The van der Waals surface area contributed by atoms with E-state index in [4.69, 9.17) is 0 Å². The van der Waals surface area contributed by atoms with E-state index in [9.17, 15) is 0 Å². The van der Waals surface area contributed by atoms with Gasteiger partial charge in [-0.2, -0.15) is 5.10 Å². The largest absolute Gasteiger partial charge is 0.381 e. The lowest BCUT2D eigenvalue weighted by Crippen LogP contribution is -2.11. The fourth-order valence-electron chi connectivity index (χ4n) is 3.46. The predicted molar refractivity (Wildman–Crippen MR) is 125 cm³/mol. The summed E-state index contributed by atoms with van der Waals surface area (Å²) in [4.78, 5) is 7.84. The molecule has 0 fully saturated rings. The molecule has 0 aliphatic rings. The minimum Gasteiger partial charge on any atom is -0.381 e. The first kappa shape index (κ1) is 19.7. The number of hydrogen-bond acceptors (Lipinski definition) is 3. The van der Waals surface area contributed by atoms with Crippen LogP contribution in [-0.4, -0.2) is 20.2 Å². The molecule has 152 valence electrons. The molecule has 0 saturated carbocycles. The second kappa shape index (κ2) is 8.41. The van der Waals surface area contributed by atoms with Gasteiger partial charge in [-0.05, 0) is 56.2 Å². The third-order valence-electron chi connectivity index (χ3n) is 5.22. The molecule has 0 spiro atoms. The van der Waals surface area contributed by atoms with Crippen molar-refractivity contribution >= 4 is 22.7 Å². The first-order chi connectivity index (χ1) is 14.5. The summed E-state index contributed by atoms with van der Waals surface area (Å²) in [6.45, 7) is 11.0. The van der Waals surface area contributed by atoms with Gasteiger partial charge in [0.1, 0.15) is 5.69 Å². The first-order valence-corrected chi connectivity index (χ1v) is 10.2. The monoisotopic (exact) mass is 397 g/mol. The fraction of sp³-hybridized carbons (Fsp3) is 0.200. The Hall–Kier alpha value is -3.60. The number of nitrogens with zero attached hydrogens (tertiary/aromatic N) is 2. The highest BCUT2D eigenvalue weighted by atomic mass is 15.1. The van der Waals surface area contributed by atoms with E-state index in [2.05, 4.69) is 82.3 Å². The number of H-pyrrole nitrogens is 2. The highest BCUT2D eigenvalue weighted by Gasteiger charge is 2.13. The molecule has 3 N–H and O–H groups in total. The van der Waals surface area contributed by atoms with Crippen molar-refractivity contribution < 1.29 is 0 Å². The van der Waals surface area contributed by atoms with Gasteiger partial charge in [-0.25, -0.2) is 0 Å². The summed E-state index contributed by atoms with van der Waals surface area (Å²) >= 11 is 0. The summed E-state index contributed by atoms with van der Waals surface area (Å²) < 4.78 is 0. The van der Waals surface area contributed by atoms with E-state index >= 15 is 0 Å². The number of benzene rings is 1. The van der Waals surface area contributed by atoms with Gasteiger partial charge in [-0.15, -0.1) is 0 Å². The average Bonchev–Trinajstić information content (AvgIpc) is 3.33. The predicted octanol–water partition coefficient (Wildman–Crippen LogP) is 5.75. The molecule has 4 aromatic rings. The van der Waals surface area contributed by atoms with Crippen molar-refractivity contribution in [2.45, 2.75) is 33.7 Å². The molecule has 0 bridgehead atoms. The maximum absolute atomic E-state index is 4.52. The van der Waals surface area contributed by atoms with Gasteiger partial charge in [-0.3, -0.25) is 10.1 Å². The number of aryl methyl sites for hydroxylation is 2. The van der Waals surface area contributed by atoms with Crippen molar-refractivity contribution in [3.05, 3.63) is 83.3 Å². The number of rotatable bonds is 7. The second-order valence-corrected chi connectivity index (χ2v) is 7.55. The minimum absolute atomic E-state index is 0.704. The molecule has 5 heteroatoms. The normalized spacial score (nSPS) is 11.4. The molecule has 5 nitrogen and oxygen atoms in total. The summed E-state index contributed by atoms with van der Waals surface area (Å²) in [5, 5.41) is 12.2. The third-order valence-corrected chi connectivity index (χ3v) is 5.22. The van der Waals surface area contributed by atoms with Crippen LogP contribution in [0.5, 0.6) is 0 Å². The molecule has 0 atom stereocenters. The average molecular weight is 398 g/mol. The number of aromatic amines is 2. The van der Waals surface area contributed by atoms with Gasteiger partial charge in [-0.1, -0.05) is 31.7 Å². The number of hydrogen-bond donors (Lipinski definition) is 3. The van der Waals surface area contributed by atoms with Gasteiger partial charge in [0.25, 0.3) is 0 Å². The van der Waals surface area contributed by atoms with Crippen molar-refractivity contribution in [1.82, 2.24) is 25.5 Å². The molecule has 0 aliphatic carbocycles. The Morgan fingerprint density at radius 3 is 2.80 bits per heavy atom. The van der Waals surface area contributed by atoms with Crippen LogP contribution in [0.3, 0.4) is 0 Å². The molecule has 3 heterocycles. The van der Waals surface area contributed by atoms with Gasteiger partial charge < -0.3 is 10.3 Å². The van der Waals surface area contributed by atoms with Crippen LogP contribution in [0, 0.1) is 13.8 Å². The quantitative estimate of drug-likeness (QED) is 0.372. The summed E-state index contributed by atoms with van der Waals surface area (Å²) in [6.07, 6.45) is 7.14. The summed E-state index contributed by atoms with van der Waals surface area (Å²) in [5.41, 5.74) is 9.35. The number of aromatic nitrogens is 4. The zero-order chi connectivity index (χ0) is 21.1. The SMILES string of the molecule is C=C(NCc1ccc2[nH]c(-c3n[nH]c(C)c3/C=C\CC)cc2c1)c1ccc(C)nc1. The van der Waals surface area contributed by atoms with Crippen LogP contribution in [0.4, 0.5) is 0 Å². The molecule has 0 amide bonds. The Labute approximate surface area is 177 Å². The zero-order valence-electron chi connectivity index (χ0n) is 17.7. The van der Waals surface area contributed by atoms with Crippen molar-refractivity contribution in [3.63, 3.8) is 0 Å². The molecule has 0 aliphatic heterocycles. The van der Waals surface area contributed by atoms with Gasteiger partial charge >= 0.3 is 0 Å². The Kier molecular flexibility index (Phi) is 5.53. The topological polar surface area (TPSA) is 69.4 Å². The van der Waals surface area contributed by atoms with Crippen LogP contribution in [0.15, 0.2) is 55.3 Å². The molecular weight excluding hydrogens is 370 g/mol. The van der Waals surface area contributed by atoms with Crippen molar-refractivity contribution in [3.8, 4) is 11.4 Å². The van der Waals surface area contributed by atoms with E-state index in [0.717, 1.165) is 56.9 Å². The second-order valence-electron chi connectivity index (χ2n) is 7.55. The van der Waals surface area contributed by atoms with Crippen LogP contribution < -0.4 is 5.32 Å². The number of fused-ring (bicyclic) bond motifs is 1. The molecule has 0 radical (unpaired) electrons. The van der Waals surface area contributed by atoms with Gasteiger partial charge in [0, 0.05) is 51.9 Å². The van der Waals surface area contributed by atoms with E-state index in [0.29, 0.717) is 6.54 Å². The van der Waals surface area contributed by atoms with Gasteiger partial charge in [0.2, 0.25) is 0 Å². The molecule has 3 aromatic heterocycles. The Bertz CT molecular complexity index is 1210. The first-order valence-electron chi connectivity index (χ1n) is 10.2. The molecular formula is C25H27N5. The fourth-order valence-corrected chi connectivity index (χ4v) is 3.46. The standard InChI is InChI=1S/C25H27N5/c1-5-6-7-22-18(4)29-30-25(22)24-13-21-12-19(9-11-23(21)28-24)14-27-17(3)20-10-8-16(2)26-15-20/h6-13,15,27-28H,3,5,14H2,1-2,4H3,(H,29,30)/b7-6-. The van der Waals surface area contributed by atoms with Crippen LogP contribution in [0.25, 0.3) is 34.1 Å². The molecule has 4 rings (SSSR count). The highest BCUT2D eigenvalue weighted by molar-refractivity contribution is 5.87. The van der Waals surface area contributed by atoms with Crippen LogP contribution in [-0.2, 0) is 6.54 Å². The molecule has 30 heavy (non-hydrogen) atoms. The van der Waals surface area contributed by atoms with Crippen molar-refractivity contribution in [2.24, 2.45) is 0 Å². The van der Waals surface area contributed by atoms with E-state index < -0.39 is 0 Å². The zero-order valence-corrected chi connectivity index (χ0v) is 17.7. The minimum atomic E-state index is 0.704. The molecule has 1 aromatic carbocycles. The van der Waals surface area contributed by atoms with E-state index in [1.54, 1.807) is 0 Å². The van der Waals surface area contributed by atoms with E-state index in [1.165, 1.54) is 5.56 Å². The number of allylic oxidation sites excluding steroid dienone is 1. The Balaban J connectivity index is 1.54. The smallest absolute Gasteiger partial charge is 0.116 e. The van der Waals surface area contributed by atoms with E-state index in [1.807, 2.05) is 25.3 Å². The van der Waals surface area contributed by atoms with Crippen LogP contribution in [0.1, 0.15) is 41.4 Å². The number of pyridine rings is 1. The van der Waals surface area contributed by atoms with Crippen molar-refractivity contribution in [1.29, 1.82) is 0 Å². The maximum Gasteiger partial charge on any atom is 0.116 e. The Morgan fingerprint density at radius 2 is 2.03 bits per heavy atom. The lowest BCUT2D eigenvalue weighted by atomic mass is 10.1. The molecule has 0 unspecified atom stereocenters. The van der Waals surface area contributed by atoms with Crippen molar-refractivity contribution in [2.75, 3.05) is 0 Å². The van der Waals surface area contributed by atoms with Gasteiger partial charge in [0.15, 0.2) is 0 Å². The lowest BCUT2D eigenvalue weighted by Gasteiger charge is -2.10. The van der Waals surface area contributed by atoms with E-state index in [-0.39, 0.29) is 0 Å². The summed E-state index contributed by atoms with van der Waals surface area (Å²) in [7, 11) is 0. The summed E-state index contributed by atoms with van der Waals surface area (Å²) in [5.74, 6) is 0. The Morgan fingerprint density at radius 1 is 1.17 bits per heavy atom. The lowest BCUT2D eigenvalue weighted by molar-refractivity contribution is 0.892. The van der Waals surface area contributed by atoms with Crippen LogP contribution >= 0.6 is 0 Å². The number of nitrogens with one attached hydrogen (secondary N) is 3. The maximum atomic E-state index is 4.52. The van der Waals surface area contributed by atoms with Crippen LogP contribution in [0.2, 0.25) is 0 Å². The van der Waals surface area contributed by atoms with Gasteiger partial charge in [0.05, 0.1) is 5.69 Å². The third kappa shape index (κ3) is 4.06. The summed E-state index contributed by atoms with van der Waals surface area (Å²) in [6, 6.07) is 12.6.